The van der Waals surface area contributed by atoms with Gasteiger partial charge in [0, 0.05) is 25.0 Å². The summed E-state index contributed by atoms with van der Waals surface area (Å²) in [6, 6.07) is 1.75. The predicted molar refractivity (Wildman–Crippen MR) is 63.9 cm³/mol. The maximum atomic E-state index is 11.8. The average Bonchev–Trinajstić information content (AvgIpc) is 2.70. The average molecular weight is 266 g/mol. The topological polar surface area (TPSA) is 50.5 Å². The van der Waals surface area contributed by atoms with E-state index in [0.717, 1.165) is 12.0 Å². The minimum atomic E-state index is -3.18. The van der Waals surface area contributed by atoms with Gasteiger partial charge >= 0.3 is 0 Å². The van der Waals surface area contributed by atoms with Gasteiger partial charge in [-0.05, 0) is 18.9 Å². The summed E-state index contributed by atoms with van der Waals surface area (Å²) in [5, 5.41) is 0. The highest BCUT2D eigenvalue weighted by molar-refractivity contribution is 7.89. The van der Waals surface area contributed by atoms with Crippen molar-refractivity contribution in [2.75, 3.05) is 18.7 Å². The lowest BCUT2D eigenvalue weighted by Crippen LogP contribution is -2.28. The molecule has 1 rings (SSSR count). The van der Waals surface area contributed by atoms with Gasteiger partial charge in [0.05, 0.1) is 18.3 Å². The van der Waals surface area contributed by atoms with Gasteiger partial charge in [-0.2, -0.15) is 0 Å². The number of rotatable bonds is 7. The molecular formula is C10H16ClNO3S. The number of sulfonamides is 1. The molecule has 0 fully saturated rings. The third kappa shape index (κ3) is 4.15. The number of furan rings is 1. The van der Waals surface area contributed by atoms with Crippen LogP contribution in [0.4, 0.5) is 0 Å². The van der Waals surface area contributed by atoms with E-state index in [4.69, 9.17) is 16.0 Å². The number of alkyl halides is 1. The molecule has 0 amide bonds. The molecule has 0 aliphatic rings. The highest BCUT2D eigenvalue weighted by Crippen LogP contribution is 2.09. The van der Waals surface area contributed by atoms with E-state index in [2.05, 4.69) is 0 Å². The van der Waals surface area contributed by atoms with Crippen molar-refractivity contribution >= 4 is 21.6 Å². The molecule has 0 unspecified atom stereocenters. The van der Waals surface area contributed by atoms with Gasteiger partial charge in [0.2, 0.25) is 10.0 Å². The Bertz CT molecular complexity index is 388. The zero-order valence-electron chi connectivity index (χ0n) is 9.23. The van der Waals surface area contributed by atoms with Crippen LogP contribution in [-0.2, 0) is 16.6 Å². The summed E-state index contributed by atoms with van der Waals surface area (Å²) in [4.78, 5) is 0. The second-order valence-corrected chi connectivity index (χ2v) is 6.17. The minimum Gasteiger partial charge on any atom is -0.472 e. The van der Waals surface area contributed by atoms with Crippen molar-refractivity contribution in [2.45, 2.75) is 19.4 Å². The first-order chi connectivity index (χ1) is 7.56. The smallest absolute Gasteiger partial charge is 0.214 e. The number of hydrogen-bond acceptors (Lipinski definition) is 3. The van der Waals surface area contributed by atoms with Gasteiger partial charge in [-0.1, -0.05) is 0 Å². The zero-order chi connectivity index (χ0) is 12.0. The predicted octanol–water partition coefficient (Wildman–Crippen LogP) is 2.06. The minimum absolute atomic E-state index is 0.147. The first kappa shape index (κ1) is 13.5. The Balaban J connectivity index is 2.48. The second kappa shape index (κ2) is 6.27. The molecular weight excluding hydrogens is 250 g/mol. The molecule has 16 heavy (non-hydrogen) atoms. The Morgan fingerprint density at radius 2 is 2.19 bits per heavy atom. The maximum Gasteiger partial charge on any atom is 0.214 e. The molecule has 0 aliphatic heterocycles. The largest absolute Gasteiger partial charge is 0.472 e. The van der Waals surface area contributed by atoms with Crippen LogP contribution in [0.2, 0.25) is 0 Å². The molecule has 0 spiro atoms. The van der Waals surface area contributed by atoms with E-state index in [-0.39, 0.29) is 5.75 Å². The summed E-state index contributed by atoms with van der Waals surface area (Å²) < 4.78 is 29.8. The van der Waals surface area contributed by atoms with Crippen LogP contribution in [-0.4, -0.2) is 31.4 Å². The SMILES string of the molecule is CN(Cc1ccoc1)S(=O)(=O)CCCCCl. The lowest BCUT2D eigenvalue weighted by Gasteiger charge is -2.15. The van der Waals surface area contributed by atoms with Gasteiger partial charge in [-0.15, -0.1) is 11.6 Å². The third-order valence-electron chi connectivity index (χ3n) is 2.25. The van der Waals surface area contributed by atoms with Gasteiger partial charge in [0.1, 0.15) is 0 Å². The van der Waals surface area contributed by atoms with Gasteiger partial charge in [0.25, 0.3) is 0 Å². The highest BCUT2D eigenvalue weighted by atomic mass is 35.5. The quantitative estimate of drug-likeness (QED) is 0.560. The molecule has 0 radical (unpaired) electrons. The van der Waals surface area contributed by atoms with Crippen molar-refractivity contribution in [3.8, 4) is 0 Å². The molecule has 0 aliphatic carbocycles. The summed E-state index contributed by atoms with van der Waals surface area (Å²) in [5.74, 6) is 0.648. The van der Waals surface area contributed by atoms with Gasteiger partial charge in [-0.3, -0.25) is 0 Å². The summed E-state index contributed by atoms with van der Waals surface area (Å²) in [6.45, 7) is 0.347. The molecule has 92 valence electrons. The van der Waals surface area contributed by atoms with E-state index < -0.39 is 10.0 Å². The summed E-state index contributed by atoms with van der Waals surface area (Å²) >= 11 is 5.50. The number of hydrogen-bond donors (Lipinski definition) is 0. The fourth-order valence-electron chi connectivity index (χ4n) is 1.27. The van der Waals surface area contributed by atoms with Gasteiger partial charge in [-0.25, -0.2) is 12.7 Å². The molecule has 0 N–H and O–H groups in total. The molecule has 0 saturated heterocycles. The lowest BCUT2D eigenvalue weighted by atomic mass is 10.3. The number of nitrogens with zero attached hydrogens (tertiary/aromatic N) is 1. The summed E-state index contributed by atoms with van der Waals surface area (Å²) in [6.07, 6.45) is 4.40. The maximum absolute atomic E-state index is 11.8. The highest BCUT2D eigenvalue weighted by Gasteiger charge is 2.17. The molecule has 0 bridgehead atoms. The summed E-state index contributed by atoms with van der Waals surface area (Å²) in [5.41, 5.74) is 0.850. The van der Waals surface area contributed by atoms with Gasteiger partial charge < -0.3 is 4.42 Å². The Labute approximate surface area is 101 Å². The van der Waals surface area contributed by atoms with E-state index in [1.807, 2.05) is 0 Å². The third-order valence-corrected chi connectivity index (χ3v) is 4.40. The molecule has 1 aromatic heterocycles. The van der Waals surface area contributed by atoms with Crippen molar-refractivity contribution in [3.05, 3.63) is 24.2 Å². The normalized spacial score (nSPS) is 12.2. The van der Waals surface area contributed by atoms with Crippen LogP contribution in [0.1, 0.15) is 18.4 Å². The van der Waals surface area contributed by atoms with Crippen molar-refractivity contribution < 1.29 is 12.8 Å². The molecule has 1 heterocycles. The van der Waals surface area contributed by atoms with E-state index >= 15 is 0 Å². The monoisotopic (exact) mass is 265 g/mol. The molecule has 0 saturated carbocycles. The van der Waals surface area contributed by atoms with Crippen molar-refractivity contribution in [1.82, 2.24) is 4.31 Å². The van der Waals surface area contributed by atoms with Crippen LogP contribution >= 0.6 is 11.6 Å². The molecule has 4 nitrogen and oxygen atoms in total. The lowest BCUT2D eigenvalue weighted by molar-refractivity contribution is 0.461. The fraction of sp³-hybridized carbons (Fsp3) is 0.600. The van der Waals surface area contributed by atoms with Crippen LogP contribution in [0, 0.1) is 0 Å². The first-order valence-corrected chi connectivity index (χ1v) is 7.21. The van der Waals surface area contributed by atoms with Crippen LogP contribution in [0.15, 0.2) is 23.0 Å². The standard InChI is InChI=1S/C10H16ClNO3S/c1-12(8-10-4-6-15-9-10)16(13,14)7-3-2-5-11/h4,6,9H,2-3,5,7-8H2,1H3. The van der Waals surface area contributed by atoms with Crippen molar-refractivity contribution in [1.29, 1.82) is 0 Å². The fourth-order valence-corrected chi connectivity index (χ4v) is 2.69. The van der Waals surface area contributed by atoms with Gasteiger partial charge in [0.15, 0.2) is 0 Å². The molecule has 0 aromatic carbocycles. The Kier molecular flexibility index (Phi) is 5.31. The first-order valence-electron chi connectivity index (χ1n) is 5.07. The number of halogens is 1. The van der Waals surface area contributed by atoms with Crippen LogP contribution in [0.3, 0.4) is 0 Å². The Morgan fingerprint density at radius 3 is 2.75 bits per heavy atom. The van der Waals surface area contributed by atoms with Crippen LogP contribution < -0.4 is 0 Å². The van der Waals surface area contributed by atoms with E-state index in [1.54, 1.807) is 19.4 Å². The Morgan fingerprint density at radius 1 is 1.44 bits per heavy atom. The molecule has 0 atom stereocenters. The van der Waals surface area contributed by atoms with Crippen LogP contribution in [0.25, 0.3) is 0 Å². The Hall–Kier alpha value is -0.520. The van der Waals surface area contributed by atoms with E-state index in [0.29, 0.717) is 18.8 Å². The van der Waals surface area contributed by atoms with Crippen molar-refractivity contribution in [2.24, 2.45) is 0 Å². The van der Waals surface area contributed by atoms with Crippen LogP contribution in [0.5, 0.6) is 0 Å². The van der Waals surface area contributed by atoms with Crippen molar-refractivity contribution in [3.63, 3.8) is 0 Å². The summed E-state index contributed by atoms with van der Waals surface area (Å²) in [7, 11) is -1.60. The zero-order valence-corrected chi connectivity index (χ0v) is 10.8. The second-order valence-electron chi connectivity index (χ2n) is 3.60. The molecule has 1 aromatic rings. The van der Waals surface area contributed by atoms with E-state index in [1.165, 1.54) is 10.6 Å². The number of unbranched alkanes of at least 4 members (excludes halogenated alkanes) is 1. The molecule has 6 heteroatoms. The van der Waals surface area contributed by atoms with E-state index in [9.17, 15) is 8.42 Å².